The van der Waals surface area contributed by atoms with Crippen LogP contribution in [-0.4, -0.2) is 93.9 Å². The molecule has 1 aliphatic carbocycles. The molecule has 1 N–H and O–H groups in total. The van der Waals surface area contributed by atoms with Crippen LogP contribution in [0.15, 0.2) is 42.2 Å². The largest absolute Gasteiger partial charge is 0.489 e. The summed E-state index contributed by atoms with van der Waals surface area (Å²) in [5, 5.41) is 24.0. The molecule has 2 aromatic rings. The maximum atomic E-state index is 13.0. The monoisotopic (exact) mass is 532 g/mol. The lowest BCUT2D eigenvalue weighted by Gasteiger charge is -2.58. The fourth-order valence-corrected chi connectivity index (χ4v) is 5.68. The summed E-state index contributed by atoms with van der Waals surface area (Å²) in [7, 11) is 3.47. The van der Waals surface area contributed by atoms with E-state index in [0.717, 1.165) is 38.2 Å². The second-order valence-corrected chi connectivity index (χ2v) is 11.3. The Bertz CT molecular complexity index is 1360. The van der Waals surface area contributed by atoms with Crippen molar-refractivity contribution in [3.63, 3.8) is 0 Å². The maximum Gasteiger partial charge on any atom is 0.226 e. The third-order valence-corrected chi connectivity index (χ3v) is 7.86. The molecule has 2 atom stereocenters. The van der Waals surface area contributed by atoms with Gasteiger partial charge < -0.3 is 24.4 Å². The van der Waals surface area contributed by atoms with Crippen LogP contribution in [0.25, 0.3) is 11.1 Å². The Morgan fingerprint density at radius 1 is 1.31 bits per heavy atom. The first-order valence-electron chi connectivity index (χ1n) is 13.3. The van der Waals surface area contributed by atoms with Gasteiger partial charge in [0.15, 0.2) is 0 Å². The number of nitrogens with zero attached hydrogens (tertiary/aromatic N) is 6. The normalized spacial score (nSPS) is 24.9. The number of amidine groups is 1. The Morgan fingerprint density at radius 2 is 2.03 bits per heavy atom. The van der Waals surface area contributed by atoms with Gasteiger partial charge in [0.2, 0.25) is 5.91 Å². The summed E-state index contributed by atoms with van der Waals surface area (Å²) in [4.78, 5) is 21.8. The van der Waals surface area contributed by atoms with Crippen molar-refractivity contribution in [2.75, 3.05) is 33.9 Å². The summed E-state index contributed by atoms with van der Waals surface area (Å²) in [6.07, 6.45) is 9.91. The number of allylic oxidation sites excluding steroid dienone is 2. The molecule has 4 aliphatic rings. The van der Waals surface area contributed by atoms with Gasteiger partial charge in [-0.15, -0.1) is 0 Å². The maximum absolute atomic E-state index is 13.0. The van der Waals surface area contributed by atoms with Crippen molar-refractivity contribution in [3.05, 3.63) is 48.3 Å². The van der Waals surface area contributed by atoms with Crippen LogP contribution in [-0.2, 0) is 9.53 Å². The number of aromatic nitrogens is 2. The molecule has 2 bridgehead atoms. The standard InChI is InChI=1S/C29H36N6O4/c1-18(25-11-24(39-17-29(2,3)37)16-34-27(25)20(12-30)13-32-34)6-7-26(31-4)33-14-21-10-22(15-33)35(21)28(36)19-8-23(9-19)38-5/h6-7,11,13,16,19,21-23,37H,1,8-10,14-15,17H2,2-5H3/b7-6-,31-26+/t19-,21?,22?,23+. The first-order chi connectivity index (χ1) is 18.6. The van der Waals surface area contributed by atoms with Gasteiger partial charge in [-0.1, -0.05) is 12.7 Å². The molecule has 3 aliphatic heterocycles. The lowest BCUT2D eigenvalue weighted by molar-refractivity contribution is -0.163. The molecule has 6 rings (SSSR count). The topological polar surface area (TPSA) is 116 Å². The Morgan fingerprint density at radius 3 is 2.64 bits per heavy atom. The number of hydrogen-bond donors (Lipinski definition) is 1. The fraction of sp³-hybridized carbons (Fsp3) is 0.517. The van der Waals surface area contributed by atoms with Crippen LogP contribution in [0.2, 0.25) is 0 Å². The molecule has 10 heteroatoms. The highest BCUT2D eigenvalue weighted by Crippen LogP contribution is 2.39. The van der Waals surface area contributed by atoms with Crippen molar-refractivity contribution >= 4 is 22.8 Å². The third-order valence-electron chi connectivity index (χ3n) is 7.86. The number of ether oxygens (including phenoxy) is 2. The van der Waals surface area contributed by atoms with E-state index in [9.17, 15) is 15.2 Å². The van der Waals surface area contributed by atoms with Crippen LogP contribution in [0, 0.1) is 17.2 Å². The second-order valence-electron chi connectivity index (χ2n) is 11.3. The van der Waals surface area contributed by atoms with Crippen molar-refractivity contribution in [2.24, 2.45) is 10.9 Å². The molecule has 0 spiro atoms. The average molecular weight is 533 g/mol. The summed E-state index contributed by atoms with van der Waals surface area (Å²) in [5.41, 5.74) is 1.45. The summed E-state index contributed by atoms with van der Waals surface area (Å²) >= 11 is 0. The van der Waals surface area contributed by atoms with Gasteiger partial charge in [-0.2, -0.15) is 10.4 Å². The van der Waals surface area contributed by atoms with Crippen LogP contribution < -0.4 is 4.74 Å². The van der Waals surface area contributed by atoms with Crippen molar-refractivity contribution < 1.29 is 19.4 Å². The number of amides is 1. The summed E-state index contributed by atoms with van der Waals surface area (Å²) in [5.74, 6) is 1.69. The van der Waals surface area contributed by atoms with E-state index in [1.165, 1.54) is 6.20 Å². The highest BCUT2D eigenvalue weighted by molar-refractivity contribution is 5.97. The number of piperidine rings is 1. The number of carbonyl (C=O) groups excluding carboxylic acids is 1. The van der Waals surface area contributed by atoms with Crippen LogP contribution in [0.5, 0.6) is 5.75 Å². The Hall–Kier alpha value is -3.68. The number of fused-ring (bicyclic) bond motifs is 3. The highest BCUT2D eigenvalue weighted by atomic mass is 16.5. The molecule has 4 fully saturated rings. The first kappa shape index (κ1) is 26.9. The molecule has 5 heterocycles. The molecule has 2 aromatic heterocycles. The fourth-order valence-electron chi connectivity index (χ4n) is 5.68. The zero-order chi connectivity index (χ0) is 27.9. The smallest absolute Gasteiger partial charge is 0.226 e. The lowest BCUT2D eigenvalue weighted by Crippen LogP contribution is -2.72. The zero-order valence-electron chi connectivity index (χ0n) is 23.0. The minimum atomic E-state index is -1.000. The molecular formula is C29H36N6O4. The van der Waals surface area contributed by atoms with Gasteiger partial charge >= 0.3 is 0 Å². The second kappa shape index (κ2) is 10.5. The number of piperazine rings is 1. The van der Waals surface area contributed by atoms with E-state index in [1.54, 1.807) is 38.7 Å². The average Bonchev–Trinajstić information content (AvgIpc) is 3.29. The number of aliphatic hydroxyl groups is 1. The quantitative estimate of drug-likeness (QED) is 0.316. The number of hydrogen-bond acceptors (Lipinski definition) is 7. The zero-order valence-corrected chi connectivity index (χ0v) is 23.0. The number of rotatable bonds is 8. The Labute approximate surface area is 228 Å². The molecule has 1 saturated carbocycles. The lowest BCUT2D eigenvalue weighted by atomic mass is 9.78. The van der Waals surface area contributed by atoms with Gasteiger partial charge in [-0.3, -0.25) is 9.79 Å². The highest BCUT2D eigenvalue weighted by Gasteiger charge is 2.50. The van der Waals surface area contributed by atoms with E-state index in [2.05, 4.69) is 32.5 Å². The van der Waals surface area contributed by atoms with Gasteiger partial charge in [0.05, 0.1) is 47.3 Å². The van der Waals surface area contributed by atoms with Gasteiger partial charge in [0.25, 0.3) is 0 Å². The van der Waals surface area contributed by atoms with Gasteiger partial charge in [-0.05, 0) is 50.8 Å². The number of carbonyl (C=O) groups is 1. The number of methoxy groups -OCH3 is 1. The number of aliphatic imine (C=N–C) groups is 1. The van der Waals surface area contributed by atoms with Crippen LogP contribution in [0.3, 0.4) is 0 Å². The van der Waals surface area contributed by atoms with Crippen LogP contribution in [0.1, 0.15) is 44.2 Å². The minimum Gasteiger partial charge on any atom is -0.489 e. The predicted octanol–water partition coefficient (Wildman–Crippen LogP) is 2.66. The molecular weight excluding hydrogens is 496 g/mol. The van der Waals surface area contributed by atoms with Crippen molar-refractivity contribution in [3.8, 4) is 11.8 Å². The van der Waals surface area contributed by atoms with E-state index in [1.807, 2.05) is 18.2 Å². The molecule has 10 nitrogen and oxygen atoms in total. The Balaban J connectivity index is 1.29. The summed E-state index contributed by atoms with van der Waals surface area (Å²) in [6, 6.07) is 4.42. The van der Waals surface area contributed by atoms with Gasteiger partial charge in [0, 0.05) is 38.7 Å². The van der Waals surface area contributed by atoms with Crippen molar-refractivity contribution in [1.82, 2.24) is 19.4 Å². The van der Waals surface area contributed by atoms with Gasteiger partial charge in [0.1, 0.15) is 24.3 Å². The molecule has 0 radical (unpaired) electrons. The molecule has 2 unspecified atom stereocenters. The molecule has 1 amide bonds. The summed E-state index contributed by atoms with van der Waals surface area (Å²) in [6.45, 7) is 9.20. The van der Waals surface area contributed by atoms with Crippen LogP contribution in [0.4, 0.5) is 0 Å². The van der Waals surface area contributed by atoms with E-state index >= 15 is 0 Å². The number of nitriles is 1. The first-order valence-corrected chi connectivity index (χ1v) is 13.3. The van der Waals surface area contributed by atoms with Crippen LogP contribution >= 0.6 is 0 Å². The minimum absolute atomic E-state index is 0.0937. The van der Waals surface area contributed by atoms with Crippen molar-refractivity contribution in [1.29, 1.82) is 5.26 Å². The van der Waals surface area contributed by atoms with E-state index in [-0.39, 0.29) is 36.6 Å². The molecule has 206 valence electrons. The van der Waals surface area contributed by atoms with E-state index in [0.29, 0.717) is 28.0 Å². The third kappa shape index (κ3) is 5.29. The SMILES string of the molecule is C=C(/C=C\C(=N/C)N1CC2CC(C1)N2C(=O)[C@H]1C[C@@H](OC)C1)c1cc(OCC(C)(C)O)cn2ncc(C#N)c12. The predicted molar refractivity (Wildman–Crippen MR) is 147 cm³/mol. The molecule has 39 heavy (non-hydrogen) atoms. The van der Waals surface area contributed by atoms with E-state index < -0.39 is 5.60 Å². The molecule has 3 saturated heterocycles. The van der Waals surface area contributed by atoms with E-state index in [4.69, 9.17) is 9.47 Å². The van der Waals surface area contributed by atoms with Crippen molar-refractivity contribution in [2.45, 2.75) is 56.9 Å². The van der Waals surface area contributed by atoms with Gasteiger partial charge in [-0.25, -0.2) is 4.52 Å². The summed E-state index contributed by atoms with van der Waals surface area (Å²) < 4.78 is 12.8. The number of pyridine rings is 1. The Kier molecular flexibility index (Phi) is 7.23. The molecule has 0 aromatic carbocycles.